The molecule has 1 fully saturated rings. The number of rotatable bonds is 7. The zero-order chi connectivity index (χ0) is 14.2. The lowest BCUT2D eigenvalue weighted by atomic mass is 10.0. The highest BCUT2D eigenvalue weighted by atomic mass is 16.5. The molecule has 0 amide bonds. The number of likely N-dealkylation sites (tertiary alicyclic amines) is 1. The molecule has 1 saturated heterocycles. The Morgan fingerprint density at radius 3 is 2.90 bits per heavy atom. The van der Waals surface area contributed by atoms with Gasteiger partial charge in [-0.1, -0.05) is 30.3 Å². The quantitative estimate of drug-likeness (QED) is 0.828. The minimum absolute atomic E-state index is 0.441. The highest BCUT2D eigenvalue weighted by molar-refractivity contribution is 5.14. The molecule has 112 valence electrons. The van der Waals surface area contributed by atoms with E-state index in [1.165, 1.54) is 24.9 Å². The molecule has 0 radical (unpaired) electrons. The average molecular weight is 276 g/mol. The molecule has 1 aromatic carbocycles. The van der Waals surface area contributed by atoms with E-state index in [0.29, 0.717) is 12.1 Å². The maximum absolute atomic E-state index is 5.48. The molecule has 2 unspecified atom stereocenters. The van der Waals surface area contributed by atoms with E-state index >= 15 is 0 Å². The molecular formula is C17H28N2O. The van der Waals surface area contributed by atoms with Crippen molar-refractivity contribution in [3.63, 3.8) is 0 Å². The SMILES string of the molecule is CCOCC(C)NC1CCCN(Cc2ccccc2)C1. The molecule has 1 N–H and O–H groups in total. The Kier molecular flexibility index (Phi) is 6.51. The fourth-order valence-electron chi connectivity index (χ4n) is 2.92. The second-order valence-electron chi connectivity index (χ2n) is 5.79. The summed E-state index contributed by atoms with van der Waals surface area (Å²) in [6, 6.07) is 11.8. The summed E-state index contributed by atoms with van der Waals surface area (Å²) in [5.41, 5.74) is 1.41. The molecule has 0 saturated carbocycles. The zero-order valence-corrected chi connectivity index (χ0v) is 12.8. The monoisotopic (exact) mass is 276 g/mol. The molecular weight excluding hydrogens is 248 g/mol. The van der Waals surface area contributed by atoms with Gasteiger partial charge in [0.05, 0.1) is 6.61 Å². The van der Waals surface area contributed by atoms with E-state index in [1.54, 1.807) is 0 Å². The van der Waals surface area contributed by atoms with Gasteiger partial charge in [0.1, 0.15) is 0 Å². The molecule has 0 aliphatic carbocycles. The first kappa shape index (κ1) is 15.5. The van der Waals surface area contributed by atoms with E-state index in [-0.39, 0.29) is 0 Å². The number of ether oxygens (including phenoxy) is 1. The van der Waals surface area contributed by atoms with Gasteiger partial charge < -0.3 is 10.1 Å². The molecule has 2 atom stereocenters. The van der Waals surface area contributed by atoms with Gasteiger partial charge in [0.25, 0.3) is 0 Å². The van der Waals surface area contributed by atoms with Crippen LogP contribution in [0.15, 0.2) is 30.3 Å². The van der Waals surface area contributed by atoms with Gasteiger partial charge in [-0.25, -0.2) is 0 Å². The minimum atomic E-state index is 0.441. The lowest BCUT2D eigenvalue weighted by Gasteiger charge is -2.34. The fraction of sp³-hybridized carbons (Fsp3) is 0.647. The van der Waals surface area contributed by atoms with Crippen molar-refractivity contribution in [1.29, 1.82) is 0 Å². The summed E-state index contributed by atoms with van der Waals surface area (Å²) in [5, 5.41) is 3.70. The first-order valence-electron chi connectivity index (χ1n) is 7.88. The molecule has 1 aliphatic rings. The van der Waals surface area contributed by atoms with Crippen LogP contribution in [0, 0.1) is 0 Å². The van der Waals surface area contributed by atoms with E-state index in [0.717, 1.165) is 26.3 Å². The van der Waals surface area contributed by atoms with Crippen LogP contribution in [0.3, 0.4) is 0 Å². The molecule has 3 nitrogen and oxygen atoms in total. The van der Waals surface area contributed by atoms with Gasteiger partial charge in [0.2, 0.25) is 0 Å². The van der Waals surface area contributed by atoms with E-state index in [2.05, 4.69) is 54.4 Å². The van der Waals surface area contributed by atoms with Crippen LogP contribution in [0.4, 0.5) is 0 Å². The third-order valence-corrected chi connectivity index (χ3v) is 3.85. The predicted molar refractivity (Wildman–Crippen MR) is 83.8 cm³/mol. The summed E-state index contributed by atoms with van der Waals surface area (Å²) in [6.45, 7) is 9.31. The van der Waals surface area contributed by atoms with Crippen molar-refractivity contribution in [2.75, 3.05) is 26.3 Å². The minimum Gasteiger partial charge on any atom is -0.380 e. The number of benzene rings is 1. The number of nitrogens with zero attached hydrogens (tertiary/aromatic N) is 1. The number of hydrogen-bond acceptors (Lipinski definition) is 3. The molecule has 0 bridgehead atoms. The first-order chi connectivity index (χ1) is 9.78. The van der Waals surface area contributed by atoms with Crippen LogP contribution in [0.1, 0.15) is 32.3 Å². The largest absolute Gasteiger partial charge is 0.380 e. The second kappa shape index (κ2) is 8.40. The standard InChI is InChI=1S/C17H28N2O/c1-3-20-14-15(2)18-17-10-7-11-19(13-17)12-16-8-5-4-6-9-16/h4-6,8-9,15,17-18H,3,7,10-14H2,1-2H3. The van der Waals surface area contributed by atoms with E-state index in [9.17, 15) is 0 Å². The molecule has 20 heavy (non-hydrogen) atoms. The Labute approximate surface area is 123 Å². The second-order valence-corrected chi connectivity index (χ2v) is 5.79. The van der Waals surface area contributed by atoms with Gasteiger partial charge in [0.15, 0.2) is 0 Å². The van der Waals surface area contributed by atoms with Gasteiger partial charge in [-0.2, -0.15) is 0 Å². The van der Waals surface area contributed by atoms with Crippen LogP contribution in [-0.4, -0.2) is 43.3 Å². The average Bonchev–Trinajstić information content (AvgIpc) is 2.46. The van der Waals surface area contributed by atoms with E-state index in [1.807, 2.05) is 0 Å². The van der Waals surface area contributed by atoms with Crippen LogP contribution < -0.4 is 5.32 Å². The molecule has 1 heterocycles. The fourth-order valence-corrected chi connectivity index (χ4v) is 2.92. The molecule has 2 rings (SSSR count). The van der Waals surface area contributed by atoms with Crippen molar-refractivity contribution < 1.29 is 4.74 Å². The summed E-state index contributed by atoms with van der Waals surface area (Å²) in [6.07, 6.45) is 2.56. The normalized spacial score (nSPS) is 21.8. The van der Waals surface area contributed by atoms with Crippen molar-refractivity contribution in [2.24, 2.45) is 0 Å². The van der Waals surface area contributed by atoms with Crippen molar-refractivity contribution in [3.8, 4) is 0 Å². The Hall–Kier alpha value is -0.900. The topological polar surface area (TPSA) is 24.5 Å². The van der Waals surface area contributed by atoms with Crippen LogP contribution >= 0.6 is 0 Å². The number of piperidine rings is 1. The summed E-state index contributed by atoms with van der Waals surface area (Å²) < 4.78 is 5.48. The van der Waals surface area contributed by atoms with Gasteiger partial charge in [-0.05, 0) is 38.8 Å². The Balaban J connectivity index is 1.76. The summed E-state index contributed by atoms with van der Waals surface area (Å²) >= 11 is 0. The smallest absolute Gasteiger partial charge is 0.0616 e. The molecule has 0 spiro atoms. The Morgan fingerprint density at radius 2 is 2.15 bits per heavy atom. The van der Waals surface area contributed by atoms with Crippen LogP contribution in [0.5, 0.6) is 0 Å². The Morgan fingerprint density at radius 1 is 1.35 bits per heavy atom. The first-order valence-corrected chi connectivity index (χ1v) is 7.88. The lowest BCUT2D eigenvalue weighted by Crippen LogP contribution is -2.49. The molecule has 3 heteroatoms. The molecule has 1 aliphatic heterocycles. The lowest BCUT2D eigenvalue weighted by molar-refractivity contribution is 0.111. The van der Waals surface area contributed by atoms with Crippen molar-refractivity contribution in [3.05, 3.63) is 35.9 Å². The highest BCUT2D eigenvalue weighted by Gasteiger charge is 2.21. The predicted octanol–water partition coefficient (Wildman–Crippen LogP) is 2.67. The molecule has 0 aromatic heterocycles. The van der Waals surface area contributed by atoms with Crippen molar-refractivity contribution >= 4 is 0 Å². The summed E-state index contributed by atoms with van der Waals surface area (Å²) in [4.78, 5) is 2.56. The third kappa shape index (κ3) is 5.23. The van der Waals surface area contributed by atoms with E-state index in [4.69, 9.17) is 4.74 Å². The third-order valence-electron chi connectivity index (χ3n) is 3.85. The highest BCUT2D eigenvalue weighted by Crippen LogP contribution is 2.14. The maximum atomic E-state index is 5.48. The van der Waals surface area contributed by atoms with Gasteiger partial charge in [-0.15, -0.1) is 0 Å². The number of nitrogens with one attached hydrogen (secondary N) is 1. The van der Waals surface area contributed by atoms with Crippen LogP contribution in [-0.2, 0) is 11.3 Å². The maximum Gasteiger partial charge on any atom is 0.0616 e. The van der Waals surface area contributed by atoms with Gasteiger partial charge in [-0.3, -0.25) is 4.90 Å². The summed E-state index contributed by atoms with van der Waals surface area (Å²) in [7, 11) is 0. The van der Waals surface area contributed by atoms with Crippen molar-refractivity contribution in [2.45, 2.75) is 45.3 Å². The zero-order valence-electron chi connectivity index (χ0n) is 12.8. The summed E-state index contributed by atoms with van der Waals surface area (Å²) in [5.74, 6) is 0. The Bertz CT molecular complexity index is 369. The number of hydrogen-bond donors (Lipinski definition) is 1. The van der Waals surface area contributed by atoms with Crippen molar-refractivity contribution in [1.82, 2.24) is 10.2 Å². The van der Waals surface area contributed by atoms with E-state index < -0.39 is 0 Å². The van der Waals surface area contributed by atoms with Crippen LogP contribution in [0.25, 0.3) is 0 Å². The molecule has 1 aromatic rings. The van der Waals surface area contributed by atoms with Gasteiger partial charge in [0, 0.05) is 31.8 Å². The van der Waals surface area contributed by atoms with Crippen LogP contribution in [0.2, 0.25) is 0 Å². The van der Waals surface area contributed by atoms with Gasteiger partial charge >= 0.3 is 0 Å².